The van der Waals surface area contributed by atoms with Gasteiger partial charge in [-0.3, -0.25) is 4.90 Å². The molecule has 1 atom stereocenters. The van der Waals surface area contributed by atoms with Gasteiger partial charge in [-0.05, 0) is 44.5 Å². The van der Waals surface area contributed by atoms with Crippen molar-refractivity contribution < 1.29 is 4.74 Å². The van der Waals surface area contributed by atoms with Gasteiger partial charge in [-0.2, -0.15) is 0 Å². The van der Waals surface area contributed by atoms with Gasteiger partial charge in [0.2, 0.25) is 0 Å². The standard InChI is InChI=1S/C14H24N2OS/c1-11-13(6-14(18-11)7-15-2)9-16-5-4-12(8-16)10-17-3/h6,12,15H,4-5,7-10H2,1-3H3. The maximum atomic E-state index is 5.25. The van der Waals surface area contributed by atoms with Crippen LogP contribution in [0.25, 0.3) is 0 Å². The fraction of sp³-hybridized carbons (Fsp3) is 0.714. The van der Waals surface area contributed by atoms with Crippen LogP contribution in [0.3, 0.4) is 0 Å². The maximum Gasteiger partial charge on any atom is 0.0503 e. The molecule has 1 aromatic rings. The van der Waals surface area contributed by atoms with Gasteiger partial charge in [0, 0.05) is 36.5 Å². The Bertz CT molecular complexity index is 378. The molecule has 1 aliphatic rings. The monoisotopic (exact) mass is 268 g/mol. The first kappa shape index (κ1) is 14.0. The molecule has 1 unspecified atom stereocenters. The summed E-state index contributed by atoms with van der Waals surface area (Å²) < 4.78 is 5.25. The minimum Gasteiger partial charge on any atom is -0.384 e. The van der Waals surface area contributed by atoms with Crippen LogP contribution in [0.15, 0.2) is 6.07 Å². The van der Waals surface area contributed by atoms with E-state index in [1.54, 1.807) is 7.11 Å². The van der Waals surface area contributed by atoms with Crippen LogP contribution in [0.1, 0.15) is 21.7 Å². The molecule has 0 bridgehead atoms. The Morgan fingerprint density at radius 1 is 1.56 bits per heavy atom. The predicted octanol–water partition coefficient (Wildman–Crippen LogP) is 2.24. The Kier molecular flexibility index (Phi) is 5.18. The average molecular weight is 268 g/mol. The topological polar surface area (TPSA) is 24.5 Å². The fourth-order valence-corrected chi connectivity index (χ4v) is 3.74. The SMILES string of the molecule is CNCc1cc(CN2CCC(COC)C2)c(C)s1. The van der Waals surface area contributed by atoms with E-state index in [0.717, 1.165) is 25.6 Å². The van der Waals surface area contributed by atoms with Crippen molar-refractivity contribution >= 4 is 11.3 Å². The van der Waals surface area contributed by atoms with Crippen LogP contribution in [0.4, 0.5) is 0 Å². The van der Waals surface area contributed by atoms with Gasteiger partial charge in [-0.15, -0.1) is 11.3 Å². The Morgan fingerprint density at radius 3 is 3.11 bits per heavy atom. The molecule has 0 aliphatic carbocycles. The Hall–Kier alpha value is -0.420. The van der Waals surface area contributed by atoms with Gasteiger partial charge in [0.1, 0.15) is 0 Å². The normalized spacial score (nSPS) is 20.7. The zero-order chi connectivity index (χ0) is 13.0. The summed E-state index contributed by atoms with van der Waals surface area (Å²) in [5, 5.41) is 3.22. The zero-order valence-corrected chi connectivity index (χ0v) is 12.5. The van der Waals surface area contributed by atoms with E-state index in [2.05, 4.69) is 23.2 Å². The first-order chi connectivity index (χ1) is 8.72. The van der Waals surface area contributed by atoms with Gasteiger partial charge >= 0.3 is 0 Å². The average Bonchev–Trinajstić information content (AvgIpc) is 2.89. The van der Waals surface area contributed by atoms with E-state index in [0.29, 0.717) is 0 Å². The predicted molar refractivity (Wildman–Crippen MR) is 77.1 cm³/mol. The lowest BCUT2D eigenvalue weighted by molar-refractivity contribution is 0.152. The lowest BCUT2D eigenvalue weighted by Crippen LogP contribution is -2.21. The van der Waals surface area contributed by atoms with Gasteiger partial charge in [-0.1, -0.05) is 0 Å². The highest BCUT2D eigenvalue weighted by atomic mass is 32.1. The molecule has 2 heterocycles. The highest BCUT2D eigenvalue weighted by Crippen LogP contribution is 2.25. The quantitative estimate of drug-likeness (QED) is 0.856. The van der Waals surface area contributed by atoms with Crippen LogP contribution in [0, 0.1) is 12.8 Å². The third-order valence-electron chi connectivity index (χ3n) is 3.59. The van der Waals surface area contributed by atoms with Crippen molar-refractivity contribution in [2.75, 3.05) is 33.9 Å². The summed E-state index contributed by atoms with van der Waals surface area (Å²) in [7, 11) is 3.81. The number of thiophene rings is 1. The largest absolute Gasteiger partial charge is 0.384 e. The lowest BCUT2D eigenvalue weighted by Gasteiger charge is -2.15. The van der Waals surface area contributed by atoms with E-state index in [9.17, 15) is 0 Å². The Labute approximate surface area is 114 Å². The number of nitrogens with one attached hydrogen (secondary N) is 1. The molecule has 18 heavy (non-hydrogen) atoms. The first-order valence-corrected chi connectivity index (χ1v) is 7.48. The van der Waals surface area contributed by atoms with Gasteiger partial charge < -0.3 is 10.1 Å². The second-order valence-corrected chi connectivity index (χ2v) is 6.51. The van der Waals surface area contributed by atoms with E-state index in [1.165, 1.54) is 34.8 Å². The van der Waals surface area contributed by atoms with Crippen LogP contribution in [-0.4, -0.2) is 38.8 Å². The fourth-order valence-electron chi connectivity index (χ4n) is 2.68. The zero-order valence-electron chi connectivity index (χ0n) is 11.7. The van der Waals surface area contributed by atoms with Crippen molar-refractivity contribution in [2.45, 2.75) is 26.4 Å². The molecule has 2 rings (SSSR count). The van der Waals surface area contributed by atoms with E-state index in [-0.39, 0.29) is 0 Å². The highest BCUT2D eigenvalue weighted by molar-refractivity contribution is 7.12. The van der Waals surface area contributed by atoms with Crippen molar-refractivity contribution in [2.24, 2.45) is 5.92 Å². The molecule has 0 aromatic carbocycles. The van der Waals surface area contributed by atoms with Crippen LogP contribution in [-0.2, 0) is 17.8 Å². The highest BCUT2D eigenvalue weighted by Gasteiger charge is 2.22. The van der Waals surface area contributed by atoms with Gasteiger partial charge in [0.25, 0.3) is 0 Å². The molecular weight excluding hydrogens is 244 g/mol. The van der Waals surface area contributed by atoms with Crippen molar-refractivity contribution in [3.8, 4) is 0 Å². The van der Waals surface area contributed by atoms with Crippen LogP contribution in [0.5, 0.6) is 0 Å². The number of nitrogens with zero attached hydrogens (tertiary/aromatic N) is 1. The van der Waals surface area contributed by atoms with Crippen LogP contribution < -0.4 is 5.32 Å². The van der Waals surface area contributed by atoms with Crippen LogP contribution >= 0.6 is 11.3 Å². The maximum absolute atomic E-state index is 5.25. The molecule has 1 fully saturated rings. The molecular formula is C14H24N2OS. The summed E-state index contributed by atoms with van der Waals surface area (Å²) in [4.78, 5) is 5.47. The molecule has 1 aliphatic heterocycles. The molecule has 1 saturated heterocycles. The van der Waals surface area contributed by atoms with Gasteiger partial charge in [-0.25, -0.2) is 0 Å². The third-order valence-corrected chi connectivity index (χ3v) is 4.68. The minimum absolute atomic E-state index is 0.728. The molecule has 3 nitrogen and oxygen atoms in total. The summed E-state index contributed by atoms with van der Waals surface area (Å²) in [6.45, 7) is 7.63. The number of ether oxygens (including phenoxy) is 1. The summed E-state index contributed by atoms with van der Waals surface area (Å²) in [5.74, 6) is 0.728. The second kappa shape index (κ2) is 6.66. The van der Waals surface area contributed by atoms with Crippen molar-refractivity contribution in [3.63, 3.8) is 0 Å². The molecule has 0 radical (unpaired) electrons. The van der Waals surface area contributed by atoms with E-state index in [4.69, 9.17) is 4.74 Å². The van der Waals surface area contributed by atoms with E-state index in [1.807, 2.05) is 18.4 Å². The minimum atomic E-state index is 0.728. The Balaban J connectivity index is 1.89. The molecule has 1 aromatic heterocycles. The van der Waals surface area contributed by atoms with Crippen molar-refractivity contribution in [1.82, 2.24) is 10.2 Å². The van der Waals surface area contributed by atoms with Gasteiger partial charge in [0.15, 0.2) is 0 Å². The summed E-state index contributed by atoms with van der Waals surface area (Å²) in [6, 6.07) is 2.36. The number of aryl methyl sites for hydroxylation is 1. The van der Waals surface area contributed by atoms with E-state index >= 15 is 0 Å². The first-order valence-electron chi connectivity index (χ1n) is 6.67. The van der Waals surface area contributed by atoms with Crippen LogP contribution in [0.2, 0.25) is 0 Å². The summed E-state index contributed by atoms with van der Waals surface area (Å²) in [5.41, 5.74) is 1.50. The smallest absolute Gasteiger partial charge is 0.0503 e. The number of hydrogen-bond donors (Lipinski definition) is 1. The van der Waals surface area contributed by atoms with E-state index < -0.39 is 0 Å². The molecule has 0 amide bonds. The van der Waals surface area contributed by atoms with Crippen molar-refractivity contribution in [1.29, 1.82) is 0 Å². The summed E-state index contributed by atoms with van der Waals surface area (Å²) in [6.07, 6.45) is 1.28. The Morgan fingerprint density at radius 2 is 2.39 bits per heavy atom. The number of likely N-dealkylation sites (tertiary alicyclic amines) is 1. The molecule has 1 N–H and O–H groups in total. The third kappa shape index (κ3) is 3.54. The second-order valence-electron chi connectivity index (χ2n) is 5.17. The number of hydrogen-bond acceptors (Lipinski definition) is 4. The molecule has 0 spiro atoms. The lowest BCUT2D eigenvalue weighted by atomic mass is 10.1. The molecule has 4 heteroatoms. The molecule has 0 saturated carbocycles. The number of methoxy groups -OCH3 is 1. The summed E-state index contributed by atoms with van der Waals surface area (Å²) >= 11 is 1.92. The van der Waals surface area contributed by atoms with Gasteiger partial charge in [0.05, 0.1) is 6.61 Å². The molecule has 102 valence electrons. The number of rotatable bonds is 6. The van der Waals surface area contributed by atoms with Crippen molar-refractivity contribution in [3.05, 3.63) is 21.4 Å².